The van der Waals surface area contributed by atoms with Crippen LogP contribution >= 0.6 is 23.6 Å². The molecule has 0 atom stereocenters. The van der Waals surface area contributed by atoms with Crippen LogP contribution in [0.4, 0.5) is 5.00 Å². The first-order valence-corrected chi connectivity index (χ1v) is 13.3. The van der Waals surface area contributed by atoms with Gasteiger partial charge in [-0.05, 0) is 61.0 Å². The van der Waals surface area contributed by atoms with E-state index in [4.69, 9.17) is 17.0 Å². The van der Waals surface area contributed by atoms with E-state index in [1.807, 2.05) is 12.1 Å². The summed E-state index contributed by atoms with van der Waals surface area (Å²) in [6.07, 6.45) is 7.57. The molecule has 0 aliphatic heterocycles. The number of aryl methyl sites for hydroxylation is 1. The Balaban J connectivity index is 1.44. The number of anilines is 1. The molecule has 0 saturated heterocycles. The van der Waals surface area contributed by atoms with E-state index in [9.17, 15) is 4.79 Å². The van der Waals surface area contributed by atoms with Crippen LogP contribution in [0.25, 0.3) is 0 Å². The molecule has 1 aliphatic carbocycles. The molecule has 0 bridgehead atoms. The zero-order valence-corrected chi connectivity index (χ0v) is 21.3. The van der Waals surface area contributed by atoms with E-state index >= 15 is 0 Å². The summed E-state index contributed by atoms with van der Waals surface area (Å²) < 4.78 is 5.13. The fourth-order valence-corrected chi connectivity index (χ4v) is 6.25. The van der Waals surface area contributed by atoms with Crippen molar-refractivity contribution >= 4 is 39.6 Å². The van der Waals surface area contributed by atoms with E-state index in [1.54, 1.807) is 11.3 Å². The van der Waals surface area contributed by atoms with Crippen LogP contribution in [-0.2, 0) is 17.6 Å². The third kappa shape index (κ3) is 6.05. The summed E-state index contributed by atoms with van der Waals surface area (Å²) in [6, 6.07) is 21.2. The van der Waals surface area contributed by atoms with Gasteiger partial charge in [0.2, 0.25) is 0 Å². The van der Waals surface area contributed by atoms with Gasteiger partial charge in [0.1, 0.15) is 5.00 Å². The van der Waals surface area contributed by atoms with Crippen molar-refractivity contribution in [2.45, 2.75) is 50.9 Å². The van der Waals surface area contributed by atoms with Crippen molar-refractivity contribution < 1.29 is 9.53 Å². The Morgan fingerprint density at radius 3 is 2.21 bits per heavy atom. The fraction of sp³-hybridized carbons (Fsp3) is 0.357. The van der Waals surface area contributed by atoms with E-state index < -0.39 is 0 Å². The van der Waals surface area contributed by atoms with Gasteiger partial charge in [0.05, 0.1) is 12.7 Å². The second-order valence-corrected chi connectivity index (χ2v) is 10.2. The highest BCUT2D eigenvalue weighted by Crippen LogP contribution is 2.37. The highest BCUT2D eigenvalue weighted by atomic mass is 32.1. The van der Waals surface area contributed by atoms with Crippen molar-refractivity contribution in [1.29, 1.82) is 0 Å². The average Bonchev–Trinajstić information content (AvgIpc) is 3.18. The maximum atomic E-state index is 12.6. The second kappa shape index (κ2) is 12.1. The van der Waals surface area contributed by atoms with Gasteiger partial charge in [-0.25, -0.2) is 4.79 Å². The number of carbonyl (C=O) groups excluding carboxylic acids is 1. The van der Waals surface area contributed by atoms with Crippen LogP contribution in [0.2, 0.25) is 0 Å². The molecule has 4 rings (SSSR count). The smallest absolute Gasteiger partial charge is 0.341 e. The van der Waals surface area contributed by atoms with Crippen LogP contribution in [0.3, 0.4) is 0 Å². The van der Waals surface area contributed by atoms with Gasteiger partial charge in [0.25, 0.3) is 0 Å². The number of rotatable bonds is 7. The minimum atomic E-state index is -0.281. The molecule has 1 aromatic heterocycles. The quantitative estimate of drug-likeness (QED) is 0.284. The Bertz CT molecular complexity index is 1060. The first kappa shape index (κ1) is 24.4. The Labute approximate surface area is 211 Å². The molecule has 34 heavy (non-hydrogen) atoms. The van der Waals surface area contributed by atoms with Crippen molar-refractivity contribution in [3.05, 3.63) is 87.8 Å². The van der Waals surface area contributed by atoms with Gasteiger partial charge in [0, 0.05) is 17.3 Å². The topological polar surface area (TPSA) is 50.4 Å². The molecule has 0 unspecified atom stereocenters. The van der Waals surface area contributed by atoms with Crippen LogP contribution in [0, 0.1) is 0 Å². The Hall–Kier alpha value is -2.70. The van der Waals surface area contributed by atoms with Crippen molar-refractivity contribution in [3.63, 3.8) is 0 Å². The van der Waals surface area contributed by atoms with Crippen molar-refractivity contribution in [1.82, 2.24) is 5.32 Å². The van der Waals surface area contributed by atoms with E-state index in [0.29, 0.717) is 10.7 Å². The lowest BCUT2D eigenvalue weighted by atomic mass is 9.88. The van der Waals surface area contributed by atoms with Gasteiger partial charge >= 0.3 is 5.97 Å². The van der Waals surface area contributed by atoms with E-state index in [1.165, 1.54) is 36.0 Å². The zero-order chi connectivity index (χ0) is 23.8. The van der Waals surface area contributed by atoms with Gasteiger partial charge in [-0.2, -0.15) is 0 Å². The van der Waals surface area contributed by atoms with Gasteiger partial charge in [-0.3, -0.25) is 0 Å². The van der Waals surface area contributed by atoms with Crippen molar-refractivity contribution in [3.8, 4) is 0 Å². The van der Waals surface area contributed by atoms with Gasteiger partial charge in [0.15, 0.2) is 5.11 Å². The summed E-state index contributed by atoms with van der Waals surface area (Å²) in [5.74, 6) is 0.00137. The average molecular weight is 493 g/mol. The number of thiocarbonyl (C=S) groups is 1. The number of carbonyl (C=O) groups is 1. The second-order valence-electron chi connectivity index (χ2n) is 8.66. The van der Waals surface area contributed by atoms with Crippen LogP contribution in [0.5, 0.6) is 0 Å². The standard InChI is InChI=1S/C28H32N2O2S2/c1-32-27(31)25-23-16-10-2-3-11-17-24(23)34-26(25)30-28(33)29-19-18-22(20-12-6-4-7-13-20)21-14-8-5-9-15-21/h4-9,12-15,22H,2-3,10-11,16-19H2,1H3,(H2,29,30,33). The summed E-state index contributed by atoms with van der Waals surface area (Å²) in [5.41, 5.74) is 4.40. The van der Waals surface area contributed by atoms with Crippen molar-refractivity contribution in [2.75, 3.05) is 19.0 Å². The number of fused-ring (bicyclic) bond motifs is 1. The maximum absolute atomic E-state index is 12.6. The van der Waals surface area contributed by atoms with Crippen LogP contribution in [0.15, 0.2) is 60.7 Å². The number of benzene rings is 2. The number of nitrogens with one attached hydrogen (secondary N) is 2. The molecule has 0 amide bonds. The Kier molecular flexibility index (Phi) is 8.72. The molecular formula is C28H32N2O2S2. The first-order chi connectivity index (χ1) is 16.7. The number of hydrogen-bond donors (Lipinski definition) is 2. The molecule has 1 aliphatic rings. The first-order valence-electron chi connectivity index (χ1n) is 12.0. The maximum Gasteiger partial charge on any atom is 0.341 e. The van der Waals surface area contributed by atoms with Gasteiger partial charge in [-0.15, -0.1) is 11.3 Å². The van der Waals surface area contributed by atoms with Crippen LogP contribution in [-0.4, -0.2) is 24.7 Å². The minimum Gasteiger partial charge on any atom is -0.465 e. The number of ether oxygens (including phenoxy) is 1. The lowest BCUT2D eigenvalue weighted by molar-refractivity contribution is 0.0601. The molecule has 0 saturated carbocycles. The van der Waals surface area contributed by atoms with E-state index in [0.717, 1.165) is 49.2 Å². The Morgan fingerprint density at radius 1 is 0.971 bits per heavy atom. The predicted molar refractivity (Wildman–Crippen MR) is 145 cm³/mol. The van der Waals surface area contributed by atoms with E-state index in [2.05, 4.69) is 59.2 Å². The molecule has 6 heteroatoms. The van der Waals surface area contributed by atoms with E-state index in [-0.39, 0.29) is 11.9 Å². The molecule has 0 spiro atoms. The summed E-state index contributed by atoms with van der Waals surface area (Å²) in [7, 11) is 1.45. The minimum absolute atomic E-state index is 0.281. The highest BCUT2D eigenvalue weighted by molar-refractivity contribution is 7.80. The molecule has 2 aromatic carbocycles. The lowest BCUT2D eigenvalue weighted by Crippen LogP contribution is -2.30. The largest absolute Gasteiger partial charge is 0.465 e. The van der Waals surface area contributed by atoms with Crippen LogP contribution in [0.1, 0.15) is 69.9 Å². The summed E-state index contributed by atoms with van der Waals surface area (Å²) in [5, 5.41) is 8.03. The molecule has 0 radical (unpaired) electrons. The number of thiophene rings is 1. The van der Waals surface area contributed by atoms with Crippen LogP contribution < -0.4 is 10.6 Å². The molecule has 1 heterocycles. The fourth-order valence-electron chi connectivity index (χ4n) is 4.70. The number of esters is 1. The third-order valence-corrected chi connectivity index (χ3v) is 7.86. The monoisotopic (exact) mass is 492 g/mol. The molecule has 4 nitrogen and oxygen atoms in total. The Morgan fingerprint density at radius 2 is 1.59 bits per heavy atom. The number of methoxy groups -OCH3 is 1. The molecular weight excluding hydrogens is 460 g/mol. The molecule has 2 N–H and O–H groups in total. The van der Waals surface area contributed by atoms with Crippen molar-refractivity contribution in [2.24, 2.45) is 0 Å². The predicted octanol–water partition coefficient (Wildman–Crippen LogP) is 6.70. The lowest BCUT2D eigenvalue weighted by Gasteiger charge is -2.19. The summed E-state index contributed by atoms with van der Waals surface area (Å²) in [6.45, 7) is 0.721. The van der Waals surface area contributed by atoms with Gasteiger partial charge in [-0.1, -0.05) is 73.5 Å². The normalized spacial score (nSPS) is 13.5. The summed E-state index contributed by atoms with van der Waals surface area (Å²) >= 11 is 7.28. The highest BCUT2D eigenvalue weighted by Gasteiger charge is 2.25. The molecule has 0 fully saturated rings. The summed E-state index contributed by atoms with van der Waals surface area (Å²) in [4.78, 5) is 13.9. The molecule has 3 aromatic rings. The molecule has 178 valence electrons. The number of hydrogen-bond acceptors (Lipinski definition) is 4. The zero-order valence-electron chi connectivity index (χ0n) is 19.6. The third-order valence-electron chi connectivity index (χ3n) is 6.41. The van der Waals surface area contributed by atoms with Gasteiger partial charge < -0.3 is 15.4 Å². The SMILES string of the molecule is COC(=O)c1c(NC(=S)NCCC(c2ccccc2)c2ccccc2)sc2c1CCCCCC2.